The van der Waals surface area contributed by atoms with Gasteiger partial charge in [0.05, 0.1) is 11.3 Å². The molecule has 1 heterocycles. The largest absolute Gasteiger partial charge is 0.464 e. The highest BCUT2D eigenvalue weighted by atomic mass is 35.5. The molecule has 0 fully saturated rings. The topological polar surface area (TPSA) is 39.2 Å². The summed E-state index contributed by atoms with van der Waals surface area (Å²) in [6.07, 6.45) is 3.59. The maximum atomic E-state index is 6.19. The van der Waals surface area contributed by atoms with E-state index < -0.39 is 0 Å². The zero-order valence-corrected chi connectivity index (χ0v) is 9.47. The molecule has 0 radical (unpaired) electrons. The molecule has 80 valence electrons. The van der Waals surface area contributed by atoms with Crippen molar-refractivity contribution in [1.82, 2.24) is 0 Å². The van der Waals surface area contributed by atoms with Crippen molar-refractivity contribution in [1.29, 1.82) is 0 Å². The third kappa shape index (κ3) is 1.87. The molecule has 0 saturated carbocycles. The fourth-order valence-corrected chi connectivity index (χ4v) is 2.02. The van der Waals surface area contributed by atoms with E-state index in [0.29, 0.717) is 6.54 Å². The maximum Gasteiger partial charge on any atom is 0.138 e. The lowest BCUT2D eigenvalue weighted by Gasteiger charge is -2.05. The summed E-state index contributed by atoms with van der Waals surface area (Å²) in [5, 5.41) is 1.79. The average Bonchev–Trinajstić information content (AvgIpc) is 2.70. The Morgan fingerprint density at radius 2 is 2.27 bits per heavy atom. The van der Waals surface area contributed by atoms with Crippen LogP contribution in [0.15, 0.2) is 22.8 Å². The van der Waals surface area contributed by atoms with Gasteiger partial charge in [-0.2, -0.15) is 0 Å². The minimum atomic E-state index is 0.698. The predicted molar refractivity (Wildman–Crippen MR) is 63.3 cm³/mol. The Morgan fingerprint density at radius 1 is 1.47 bits per heavy atom. The van der Waals surface area contributed by atoms with Crippen LogP contribution in [0.1, 0.15) is 17.5 Å². The standard InChI is InChI=1S/C12H14ClNO/c1-8-7-9(3-2-5-14)12-10(11(8)13)4-6-15-12/h4,6-7H,2-3,5,14H2,1H3. The molecule has 15 heavy (non-hydrogen) atoms. The van der Waals surface area contributed by atoms with Gasteiger partial charge in [0.1, 0.15) is 5.58 Å². The van der Waals surface area contributed by atoms with Gasteiger partial charge in [0, 0.05) is 5.39 Å². The first-order valence-corrected chi connectivity index (χ1v) is 5.47. The zero-order valence-electron chi connectivity index (χ0n) is 8.72. The van der Waals surface area contributed by atoms with Crippen LogP contribution in [-0.2, 0) is 6.42 Å². The van der Waals surface area contributed by atoms with Crippen LogP contribution in [0.4, 0.5) is 0 Å². The van der Waals surface area contributed by atoms with Crippen molar-refractivity contribution in [2.24, 2.45) is 5.73 Å². The van der Waals surface area contributed by atoms with E-state index >= 15 is 0 Å². The monoisotopic (exact) mass is 223 g/mol. The van der Waals surface area contributed by atoms with Crippen molar-refractivity contribution in [3.8, 4) is 0 Å². The van der Waals surface area contributed by atoms with E-state index in [-0.39, 0.29) is 0 Å². The van der Waals surface area contributed by atoms with E-state index in [4.69, 9.17) is 21.8 Å². The van der Waals surface area contributed by atoms with Gasteiger partial charge in [-0.3, -0.25) is 0 Å². The molecule has 0 aliphatic carbocycles. The molecule has 0 bridgehead atoms. The molecule has 3 heteroatoms. The zero-order chi connectivity index (χ0) is 10.8. The van der Waals surface area contributed by atoms with Gasteiger partial charge in [-0.15, -0.1) is 0 Å². The molecular formula is C12H14ClNO. The van der Waals surface area contributed by atoms with Gasteiger partial charge in [0.2, 0.25) is 0 Å². The van der Waals surface area contributed by atoms with Gasteiger partial charge in [-0.05, 0) is 43.5 Å². The lowest BCUT2D eigenvalue weighted by molar-refractivity contribution is 0.609. The Bertz CT molecular complexity index is 476. The molecule has 0 unspecified atom stereocenters. The normalized spacial score (nSPS) is 11.1. The summed E-state index contributed by atoms with van der Waals surface area (Å²) in [6, 6.07) is 4.00. The second-order valence-electron chi connectivity index (χ2n) is 3.72. The molecule has 0 aliphatic heterocycles. The van der Waals surface area contributed by atoms with E-state index in [1.807, 2.05) is 13.0 Å². The van der Waals surface area contributed by atoms with Crippen LogP contribution in [-0.4, -0.2) is 6.54 Å². The third-order valence-electron chi connectivity index (χ3n) is 2.58. The van der Waals surface area contributed by atoms with Crippen LogP contribution in [0, 0.1) is 6.92 Å². The van der Waals surface area contributed by atoms with Gasteiger partial charge in [-0.25, -0.2) is 0 Å². The highest BCUT2D eigenvalue weighted by Gasteiger charge is 2.10. The Hall–Kier alpha value is -0.990. The second-order valence-corrected chi connectivity index (χ2v) is 4.10. The molecule has 0 saturated heterocycles. The summed E-state index contributed by atoms with van der Waals surface area (Å²) in [5.74, 6) is 0. The first kappa shape index (κ1) is 10.5. The Balaban J connectivity index is 2.53. The van der Waals surface area contributed by atoms with Crippen molar-refractivity contribution < 1.29 is 4.42 Å². The average molecular weight is 224 g/mol. The van der Waals surface area contributed by atoms with Gasteiger partial charge >= 0.3 is 0 Å². The second kappa shape index (κ2) is 4.25. The first-order valence-electron chi connectivity index (χ1n) is 5.09. The van der Waals surface area contributed by atoms with Crippen LogP contribution in [0.25, 0.3) is 11.0 Å². The molecule has 0 aliphatic rings. The van der Waals surface area contributed by atoms with E-state index in [2.05, 4.69) is 6.07 Å². The van der Waals surface area contributed by atoms with Crippen molar-refractivity contribution >= 4 is 22.6 Å². The lowest BCUT2D eigenvalue weighted by atomic mass is 10.0. The summed E-state index contributed by atoms with van der Waals surface area (Å²) < 4.78 is 5.46. The fraction of sp³-hybridized carbons (Fsp3) is 0.333. The van der Waals surface area contributed by atoms with E-state index in [0.717, 1.165) is 34.4 Å². The lowest BCUT2D eigenvalue weighted by Crippen LogP contribution is -2.00. The molecule has 2 rings (SSSR count). The summed E-state index contributed by atoms with van der Waals surface area (Å²) in [6.45, 7) is 2.71. The fourth-order valence-electron chi connectivity index (χ4n) is 1.81. The number of hydrogen-bond acceptors (Lipinski definition) is 2. The van der Waals surface area contributed by atoms with Crippen LogP contribution < -0.4 is 5.73 Å². The number of benzene rings is 1. The van der Waals surface area contributed by atoms with Crippen LogP contribution in [0.2, 0.25) is 5.02 Å². The molecule has 0 spiro atoms. The highest BCUT2D eigenvalue weighted by molar-refractivity contribution is 6.36. The van der Waals surface area contributed by atoms with E-state index in [1.54, 1.807) is 6.26 Å². The number of halogens is 1. The molecule has 0 atom stereocenters. The van der Waals surface area contributed by atoms with Gasteiger partial charge in [0.25, 0.3) is 0 Å². The number of furan rings is 1. The number of nitrogens with two attached hydrogens (primary N) is 1. The number of fused-ring (bicyclic) bond motifs is 1. The summed E-state index contributed by atoms with van der Waals surface area (Å²) in [4.78, 5) is 0. The molecule has 2 N–H and O–H groups in total. The Labute approximate surface area is 94.0 Å². The number of hydrogen-bond donors (Lipinski definition) is 1. The minimum Gasteiger partial charge on any atom is -0.464 e. The van der Waals surface area contributed by atoms with Gasteiger partial charge in [-0.1, -0.05) is 17.7 Å². The van der Waals surface area contributed by atoms with E-state index in [9.17, 15) is 0 Å². The molecule has 1 aromatic heterocycles. The van der Waals surface area contributed by atoms with Crippen LogP contribution in [0.5, 0.6) is 0 Å². The maximum absolute atomic E-state index is 6.19. The molecule has 0 amide bonds. The SMILES string of the molecule is Cc1cc(CCCN)c2occc2c1Cl. The van der Waals surface area contributed by atoms with E-state index in [1.165, 1.54) is 5.56 Å². The van der Waals surface area contributed by atoms with Gasteiger partial charge < -0.3 is 10.2 Å². The summed E-state index contributed by atoms with van der Waals surface area (Å²) in [5.41, 5.74) is 8.70. The van der Waals surface area contributed by atoms with Crippen LogP contribution >= 0.6 is 11.6 Å². The quantitative estimate of drug-likeness (QED) is 0.868. The predicted octanol–water partition coefficient (Wildman–Crippen LogP) is 3.29. The molecular weight excluding hydrogens is 210 g/mol. The van der Waals surface area contributed by atoms with Crippen LogP contribution in [0.3, 0.4) is 0 Å². The highest BCUT2D eigenvalue weighted by Crippen LogP contribution is 2.31. The van der Waals surface area contributed by atoms with Crippen molar-refractivity contribution in [3.05, 3.63) is 34.5 Å². The number of rotatable bonds is 3. The molecule has 1 aromatic carbocycles. The van der Waals surface area contributed by atoms with Crippen molar-refractivity contribution in [2.75, 3.05) is 6.54 Å². The Kier molecular flexibility index (Phi) is 2.98. The van der Waals surface area contributed by atoms with Crippen molar-refractivity contribution in [2.45, 2.75) is 19.8 Å². The molecule has 2 aromatic rings. The number of aryl methyl sites for hydroxylation is 2. The summed E-state index contributed by atoms with van der Waals surface area (Å²) >= 11 is 6.19. The third-order valence-corrected chi connectivity index (χ3v) is 3.08. The van der Waals surface area contributed by atoms with Crippen molar-refractivity contribution in [3.63, 3.8) is 0 Å². The molecule has 2 nitrogen and oxygen atoms in total. The smallest absolute Gasteiger partial charge is 0.138 e. The van der Waals surface area contributed by atoms with Gasteiger partial charge in [0.15, 0.2) is 0 Å². The first-order chi connectivity index (χ1) is 7.24. The minimum absolute atomic E-state index is 0.698. The summed E-state index contributed by atoms with van der Waals surface area (Å²) in [7, 11) is 0. The Morgan fingerprint density at radius 3 is 3.00 bits per heavy atom.